The van der Waals surface area contributed by atoms with Crippen LogP contribution in [0.15, 0.2) is 0 Å². The predicted molar refractivity (Wildman–Crippen MR) is 74.3 cm³/mol. The number of nitrogens with one attached hydrogen (secondary N) is 1. The van der Waals surface area contributed by atoms with Crippen molar-refractivity contribution in [3.8, 4) is 0 Å². The molecule has 2 aliphatic rings. The summed E-state index contributed by atoms with van der Waals surface area (Å²) < 4.78 is 0. The average Bonchev–Trinajstić information content (AvgIpc) is 2.39. The van der Waals surface area contributed by atoms with Gasteiger partial charge in [-0.25, -0.2) is 0 Å². The van der Waals surface area contributed by atoms with Gasteiger partial charge in [-0.15, -0.1) is 0 Å². The van der Waals surface area contributed by atoms with Crippen LogP contribution in [0.2, 0.25) is 0 Å². The van der Waals surface area contributed by atoms with E-state index in [1.165, 1.54) is 51.4 Å². The van der Waals surface area contributed by atoms with E-state index >= 15 is 0 Å². The van der Waals surface area contributed by atoms with E-state index in [0.29, 0.717) is 0 Å². The molecule has 0 aromatic rings. The second-order valence-corrected chi connectivity index (χ2v) is 6.33. The maximum absolute atomic E-state index is 3.54. The minimum atomic E-state index is 0.730. The van der Waals surface area contributed by atoms with E-state index in [2.05, 4.69) is 31.2 Å². The fourth-order valence-corrected chi connectivity index (χ4v) is 3.86. The van der Waals surface area contributed by atoms with Crippen LogP contribution in [-0.2, 0) is 0 Å². The third-order valence-corrected chi connectivity index (χ3v) is 5.18. The van der Waals surface area contributed by atoms with Gasteiger partial charge in [-0.2, -0.15) is 0 Å². The molecular formula is C15H30N2. The van der Waals surface area contributed by atoms with Crippen molar-refractivity contribution in [2.45, 2.75) is 76.4 Å². The fourth-order valence-electron chi connectivity index (χ4n) is 3.86. The molecule has 2 nitrogen and oxygen atoms in total. The minimum absolute atomic E-state index is 0.730. The first-order valence-electron chi connectivity index (χ1n) is 7.61. The summed E-state index contributed by atoms with van der Waals surface area (Å²) in [4.78, 5) is 2.71. The molecular weight excluding hydrogens is 208 g/mol. The van der Waals surface area contributed by atoms with E-state index in [1.54, 1.807) is 0 Å². The molecule has 100 valence electrons. The lowest BCUT2D eigenvalue weighted by Crippen LogP contribution is -2.53. The maximum atomic E-state index is 3.54. The molecule has 0 spiro atoms. The SMILES string of the molecule is CNC1CCCCC1N(C)C1CCC(C)CC1. The van der Waals surface area contributed by atoms with E-state index in [-0.39, 0.29) is 0 Å². The Kier molecular flexibility index (Phi) is 4.87. The Hall–Kier alpha value is -0.0800. The molecule has 2 fully saturated rings. The molecule has 0 bridgehead atoms. The molecule has 0 aromatic heterocycles. The van der Waals surface area contributed by atoms with E-state index in [0.717, 1.165) is 24.0 Å². The van der Waals surface area contributed by atoms with Crippen LogP contribution in [0.5, 0.6) is 0 Å². The monoisotopic (exact) mass is 238 g/mol. The highest BCUT2D eigenvalue weighted by atomic mass is 15.2. The second-order valence-electron chi connectivity index (χ2n) is 6.33. The number of nitrogens with zero attached hydrogens (tertiary/aromatic N) is 1. The van der Waals surface area contributed by atoms with Crippen LogP contribution in [-0.4, -0.2) is 37.1 Å². The molecule has 0 radical (unpaired) electrons. The van der Waals surface area contributed by atoms with Crippen molar-refractivity contribution < 1.29 is 0 Å². The molecule has 0 aromatic carbocycles. The van der Waals surface area contributed by atoms with Crippen molar-refractivity contribution in [1.82, 2.24) is 10.2 Å². The molecule has 2 unspecified atom stereocenters. The molecule has 0 amide bonds. The number of hydrogen-bond donors (Lipinski definition) is 1. The maximum Gasteiger partial charge on any atom is 0.0249 e. The Morgan fingerprint density at radius 3 is 2.24 bits per heavy atom. The Bertz CT molecular complexity index is 221. The van der Waals surface area contributed by atoms with Crippen LogP contribution in [0.25, 0.3) is 0 Å². The summed E-state index contributed by atoms with van der Waals surface area (Å²) in [7, 11) is 4.51. The molecule has 0 heterocycles. The van der Waals surface area contributed by atoms with Gasteiger partial charge in [-0.05, 0) is 58.5 Å². The van der Waals surface area contributed by atoms with Crippen molar-refractivity contribution in [3.05, 3.63) is 0 Å². The lowest BCUT2D eigenvalue weighted by molar-refractivity contribution is 0.0800. The summed E-state index contributed by atoms with van der Waals surface area (Å²) in [5, 5.41) is 3.54. The summed E-state index contributed by atoms with van der Waals surface area (Å²) in [6.07, 6.45) is 11.3. The van der Waals surface area contributed by atoms with Crippen molar-refractivity contribution >= 4 is 0 Å². The first-order chi connectivity index (χ1) is 8.22. The van der Waals surface area contributed by atoms with Crippen LogP contribution < -0.4 is 5.32 Å². The van der Waals surface area contributed by atoms with E-state index < -0.39 is 0 Å². The molecule has 2 atom stereocenters. The normalized spacial score (nSPS) is 39.5. The van der Waals surface area contributed by atoms with Crippen LogP contribution in [0.4, 0.5) is 0 Å². The number of likely N-dealkylation sites (N-methyl/N-ethyl adjacent to an activating group) is 2. The van der Waals surface area contributed by atoms with Crippen molar-refractivity contribution in [2.24, 2.45) is 5.92 Å². The smallest absolute Gasteiger partial charge is 0.0249 e. The Labute approximate surface area is 107 Å². The predicted octanol–water partition coefficient (Wildman–Crippen LogP) is 3.03. The standard InChI is InChI=1S/C15H30N2/c1-12-8-10-13(11-9-12)17(3)15-7-5-4-6-14(15)16-2/h12-16H,4-11H2,1-3H3. The zero-order valence-corrected chi connectivity index (χ0v) is 11.9. The fraction of sp³-hybridized carbons (Fsp3) is 1.00. The Morgan fingerprint density at radius 1 is 0.941 bits per heavy atom. The summed E-state index contributed by atoms with van der Waals surface area (Å²) in [5.41, 5.74) is 0. The zero-order chi connectivity index (χ0) is 12.3. The topological polar surface area (TPSA) is 15.3 Å². The average molecular weight is 238 g/mol. The lowest BCUT2D eigenvalue weighted by atomic mass is 9.83. The third kappa shape index (κ3) is 3.23. The van der Waals surface area contributed by atoms with Crippen LogP contribution in [0.3, 0.4) is 0 Å². The first kappa shape index (κ1) is 13.4. The van der Waals surface area contributed by atoms with Crippen LogP contribution in [0.1, 0.15) is 58.3 Å². The molecule has 2 rings (SSSR count). The summed E-state index contributed by atoms with van der Waals surface area (Å²) in [6, 6.07) is 2.37. The van der Waals surface area contributed by atoms with Gasteiger partial charge in [0.05, 0.1) is 0 Å². The van der Waals surface area contributed by atoms with Gasteiger partial charge in [0.15, 0.2) is 0 Å². The van der Waals surface area contributed by atoms with Gasteiger partial charge in [0.1, 0.15) is 0 Å². The van der Waals surface area contributed by atoms with E-state index in [1.807, 2.05) is 0 Å². The van der Waals surface area contributed by atoms with E-state index in [4.69, 9.17) is 0 Å². The molecule has 1 N–H and O–H groups in total. The van der Waals surface area contributed by atoms with Gasteiger partial charge in [-0.3, -0.25) is 4.90 Å². The van der Waals surface area contributed by atoms with Gasteiger partial charge in [-0.1, -0.05) is 19.8 Å². The first-order valence-corrected chi connectivity index (χ1v) is 7.61. The van der Waals surface area contributed by atoms with Gasteiger partial charge in [0, 0.05) is 18.1 Å². The minimum Gasteiger partial charge on any atom is -0.315 e. The molecule has 0 saturated heterocycles. The number of rotatable bonds is 3. The highest BCUT2D eigenvalue weighted by molar-refractivity contribution is 4.90. The second kappa shape index (κ2) is 6.19. The molecule has 2 saturated carbocycles. The molecule has 0 aliphatic heterocycles. The summed E-state index contributed by atoms with van der Waals surface area (Å²) in [5.74, 6) is 0.964. The molecule has 2 heteroatoms. The quantitative estimate of drug-likeness (QED) is 0.813. The Balaban J connectivity index is 1.90. The highest BCUT2D eigenvalue weighted by Crippen LogP contribution is 2.31. The zero-order valence-electron chi connectivity index (χ0n) is 11.9. The lowest BCUT2D eigenvalue weighted by Gasteiger charge is -2.43. The van der Waals surface area contributed by atoms with Crippen LogP contribution >= 0.6 is 0 Å². The van der Waals surface area contributed by atoms with Crippen molar-refractivity contribution in [2.75, 3.05) is 14.1 Å². The largest absolute Gasteiger partial charge is 0.315 e. The van der Waals surface area contributed by atoms with E-state index in [9.17, 15) is 0 Å². The molecule has 17 heavy (non-hydrogen) atoms. The van der Waals surface area contributed by atoms with Crippen LogP contribution in [0, 0.1) is 5.92 Å². The highest BCUT2D eigenvalue weighted by Gasteiger charge is 2.32. The van der Waals surface area contributed by atoms with Gasteiger partial charge in [0.2, 0.25) is 0 Å². The van der Waals surface area contributed by atoms with Gasteiger partial charge < -0.3 is 5.32 Å². The summed E-state index contributed by atoms with van der Waals surface area (Å²) in [6.45, 7) is 2.41. The van der Waals surface area contributed by atoms with Crippen molar-refractivity contribution in [1.29, 1.82) is 0 Å². The summed E-state index contributed by atoms with van der Waals surface area (Å²) >= 11 is 0. The van der Waals surface area contributed by atoms with Crippen molar-refractivity contribution in [3.63, 3.8) is 0 Å². The number of hydrogen-bond acceptors (Lipinski definition) is 2. The molecule has 2 aliphatic carbocycles. The van der Waals surface area contributed by atoms with Gasteiger partial charge in [0.25, 0.3) is 0 Å². The Morgan fingerprint density at radius 2 is 1.59 bits per heavy atom. The third-order valence-electron chi connectivity index (χ3n) is 5.18. The van der Waals surface area contributed by atoms with Gasteiger partial charge >= 0.3 is 0 Å².